The van der Waals surface area contributed by atoms with E-state index >= 15 is 0 Å². The van der Waals surface area contributed by atoms with Crippen LogP contribution in [-0.4, -0.2) is 15.0 Å². The molecule has 0 saturated heterocycles. The van der Waals surface area contributed by atoms with Gasteiger partial charge in [-0.15, -0.1) is 0 Å². The molecule has 1 aromatic carbocycles. The van der Waals surface area contributed by atoms with Crippen LogP contribution >= 0.6 is 15.9 Å². The van der Waals surface area contributed by atoms with Crippen molar-refractivity contribution in [3.63, 3.8) is 0 Å². The van der Waals surface area contributed by atoms with Crippen molar-refractivity contribution in [3.05, 3.63) is 57.8 Å². The molecule has 6 heteroatoms. The standard InChI is InChI=1S/C13H9BrN4O/c14-11-12(16-7-17-13(11)19)18-10-3-1-2-8-4-5-15-6-9(8)10/h1-7H,(H2,16,17,18,19). The fraction of sp³-hybridized carbons (Fsp3) is 0. The summed E-state index contributed by atoms with van der Waals surface area (Å²) >= 11 is 3.22. The third-order valence-corrected chi connectivity index (χ3v) is 3.47. The highest BCUT2D eigenvalue weighted by molar-refractivity contribution is 9.10. The topological polar surface area (TPSA) is 70.7 Å². The van der Waals surface area contributed by atoms with Crippen LogP contribution in [0.5, 0.6) is 0 Å². The van der Waals surface area contributed by atoms with E-state index < -0.39 is 0 Å². The number of rotatable bonds is 2. The molecule has 0 bridgehead atoms. The van der Waals surface area contributed by atoms with Gasteiger partial charge in [-0.2, -0.15) is 0 Å². The van der Waals surface area contributed by atoms with Crippen LogP contribution in [0.1, 0.15) is 0 Å². The Morgan fingerprint density at radius 3 is 3.05 bits per heavy atom. The van der Waals surface area contributed by atoms with Crippen molar-refractivity contribution >= 4 is 38.2 Å². The van der Waals surface area contributed by atoms with Crippen molar-refractivity contribution in [2.24, 2.45) is 0 Å². The average Bonchev–Trinajstić information content (AvgIpc) is 2.44. The zero-order valence-corrected chi connectivity index (χ0v) is 11.3. The van der Waals surface area contributed by atoms with Gasteiger partial charge in [-0.3, -0.25) is 9.78 Å². The van der Waals surface area contributed by atoms with E-state index in [-0.39, 0.29) is 5.56 Å². The number of H-pyrrole nitrogens is 1. The van der Waals surface area contributed by atoms with Crippen molar-refractivity contribution in [2.75, 3.05) is 5.32 Å². The van der Waals surface area contributed by atoms with Gasteiger partial charge in [0.05, 0.1) is 6.33 Å². The molecule has 2 aromatic heterocycles. The van der Waals surface area contributed by atoms with E-state index in [1.54, 1.807) is 12.4 Å². The fourth-order valence-electron chi connectivity index (χ4n) is 1.82. The van der Waals surface area contributed by atoms with E-state index in [9.17, 15) is 4.79 Å². The lowest BCUT2D eigenvalue weighted by atomic mass is 10.1. The van der Waals surface area contributed by atoms with E-state index in [2.05, 4.69) is 36.2 Å². The van der Waals surface area contributed by atoms with E-state index in [1.807, 2.05) is 24.3 Å². The first-order chi connectivity index (χ1) is 9.25. The molecule has 3 aromatic rings. The van der Waals surface area contributed by atoms with Gasteiger partial charge in [0.1, 0.15) is 4.47 Å². The number of aromatic nitrogens is 3. The number of halogens is 1. The second-order valence-electron chi connectivity index (χ2n) is 3.92. The molecular formula is C13H9BrN4O. The van der Waals surface area contributed by atoms with Crippen LogP contribution < -0.4 is 10.9 Å². The summed E-state index contributed by atoms with van der Waals surface area (Å²) in [6.45, 7) is 0. The fourth-order valence-corrected chi connectivity index (χ4v) is 2.14. The molecule has 0 spiro atoms. The van der Waals surface area contributed by atoms with Crippen LogP contribution in [0.2, 0.25) is 0 Å². The highest BCUT2D eigenvalue weighted by atomic mass is 79.9. The third-order valence-electron chi connectivity index (χ3n) is 2.73. The number of nitrogens with zero attached hydrogens (tertiary/aromatic N) is 2. The Morgan fingerprint density at radius 1 is 1.26 bits per heavy atom. The van der Waals surface area contributed by atoms with Gasteiger partial charge in [0, 0.05) is 23.5 Å². The van der Waals surface area contributed by atoms with Gasteiger partial charge in [-0.05, 0) is 33.4 Å². The Morgan fingerprint density at radius 2 is 2.16 bits per heavy atom. The van der Waals surface area contributed by atoms with Crippen molar-refractivity contribution in [1.29, 1.82) is 0 Å². The van der Waals surface area contributed by atoms with Gasteiger partial charge in [0.2, 0.25) is 0 Å². The zero-order valence-electron chi connectivity index (χ0n) is 9.72. The Bertz CT molecular complexity index is 795. The maximum Gasteiger partial charge on any atom is 0.267 e. The number of pyridine rings is 1. The van der Waals surface area contributed by atoms with Gasteiger partial charge in [-0.25, -0.2) is 4.98 Å². The zero-order chi connectivity index (χ0) is 13.2. The monoisotopic (exact) mass is 316 g/mol. The third kappa shape index (κ3) is 2.22. The normalized spacial score (nSPS) is 10.6. The molecule has 0 aliphatic carbocycles. The number of benzene rings is 1. The Hall–Kier alpha value is -2.21. The van der Waals surface area contributed by atoms with Gasteiger partial charge < -0.3 is 10.3 Å². The van der Waals surface area contributed by atoms with Crippen LogP contribution in [-0.2, 0) is 0 Å². The molecule has 2 heterocycles. The predicted octanol–water partition coefficient (Wildman–Crippen LogP) is 2.82. The lowest BCUT2D eigenvalue weighted by Crippen LogP contribution is -2.10. The first-order valence-electron chi connectivity index (χ1n) is 5.58. The van der Waals surface area contributed by atoms with Crippen molar-refractivity contribution in [1.82, 2.24) is 15.0 Å². The minimum atomic E-state index is -0.226. The molecule has 5 nitrogen and oxygen atoms in total. The Labute approximate surface area is 116 Å². The van der Waals surface area contributed by atoms with E-state index in [0.29, 0.717) is 10.3 Å². The summed E-state index contributed by atoms with van der Waals surface area (Å²) < 4.78 is 0.371. The van der Waals surface area contributed by atoms with Crippen LogP contribution in [0.4, 0.5) is 11.5 Å². The molecule has 0 radical (unpaired) electrons. The van der Waals surface area contributed by atoms with Gasteiger partial charge in [-0.1, -0.05) is 12.1 Å². The highest BCUT2D eigenvalue weighted by Crippen LogP contribution is 2.26. The smallest absolute Gasteiger partial charge is 0.267 e. The molecule has 2 N–H and O–H groups in total. The molecule has 0 aliphatic rings. The molecule has 3 rings (SSSR count). The summed E-state index contributed by atoms with van der Waals surface area (Å²) in [5.74, 6) is 0.472. The summed E-state index contributed by atoms with van der Waals surface area (Å²) in [5, 5.41) is 5.18. The molecule has 19 heavy (non-hydrogen) atoms. The molecule has 0 fully saturated rings. The summed E-state index contributed by atoms with van der Waals surface area (Å²) in [7, 11) is 0. The molecular weight excluding hydrogens is 308 g/mol. The second kappa shape index (κ2) is 4.81. The van der Waals surface area contributed by atoms with Gasteiger partial charge in [0.15, 0.2) is 5.82 Å². The SMILES string of the molecule is O=c1[nH]cnc(Nc2cccc3ccncc23)c1Br. The van der Waals surface area contributed by atoms with Gasteiger partial charge >= 0.3 is 0 Å². The average molecular weight is 317 g/mol. The molecule has 0 atom stereocenters. The quantitative estimate of drug-likeness (QED) is 0.762. The summed E-state index contributed by atoms with van der Waals surface area (Å²) in [5.41, 5.74) is 0.625. The molecule has 0 unspecified atom stereocenters. The number of nitrogens with one attached hydrogen (secondary N) is 2. The maximum absolute atomic E-state index is 11.5. The number of hydrogen-bond acceptors (Lipinski definition) is 4. The van der Waals surface area contributed by atoms with Crippen LogP contribution in [0.3, 0.4) is 0 Å². The Balaban J connectivity index is 2.11. The minimum Gasteiger partial charge on any atom is -0.339 e. The van der Waals surface area contributed by atoms with Crippen LogP contribution in [0.15, 0.2) is 52.3 Å². The molecule has 0 saturated carbocycles. The number of aromatic amines is 1. The van der Waals surface area contributed by atoms with Crippen molar-refractivity contribution in [3.8, 4) is 0 Å². The highest BCUT2D eigenvalue weighted by Gasteiger charge is 2.07. The first-order valence-corrected chi connectivity index (χ1v) is 6.38. The summed E-state index contributed by atoms with van der Waals surface area (Å²) in [6.07, 6.45) is 4.88. The second-order valence-corrected chi connectivity index (χ2v) is 4.71. The van der Waals surface area contributed by atoms with E-state index in [4.69, 9.17) is 0 Å². The lowest BCUT2D eigenvalue weighted by Gasteiger charge is -2.09. The molecule has 0 amide bonds. The number of anilines is 2. The van der Waals surface area contributed by atoms with Gasteiger partial charge in [0.25, 0.3) is 5.56 Å². The minimum absolute atomic E-state index is 0.226. The van der Waals surface area contributed by atoms with E-state index in [1.165, 1.54) is 6.33 Å². The summed E-state index contributed by atoms with van der Waals surface area (Å²) in [4.78, 5) is 22.2. The number of fused-ring (bicyclic) bond motifs is 1. The van der Waals surface area contributed by atoms with Crippen molar-refractivity contribution in [2.45, 2.75) is 0 Å². The lowest BCUT2D eigenvalue weighted by molar-refractivity contribution is 1.10. The Kier molecular flexibility index (Phi) is 3.00. The predicted molar refractivity (Wildman–Crippen MR) is 77.6 cm³/mol. The largest absolute Gasteiger partial charge is 0.339 e. The van der Waals surface area contributed by atoms with Crippen molar-refractivity contribution < 1.29 is 0 Å². The summed E-state index contributed by atoms with van der Waals surface area (Å²) in [6, 6.07) is 7.79. The molecule has 94 valence electrons. The van der Waals surface area contributed by atoms with E-state index in [0.717, 1.165) is 16.5 Å². The van der Waals surface area contributed by atoms with Crippen LogP contribution in [0.25, 0.3) is 10.8 Å². The van der Waals surface area contributed by atoms with Crippen LogP contribution in [0, 0.1) is 0 Å². The number of hydrogen-bond donors (Lipinski definition) is 2. The maximum atomic E-state index is 11.5. The first kappa shape index (κ1) is 11.9. The molecule has 0 aliphatic heterocycles.